The van der Waals surface area contributed by atoms with Crippen molar-refractivity contribution >= 4 is 16.9 Å². The molecule has 1 amide bonds. The molecule has 196 valence electrons. The number of carbonyl (C=O) groups excluding carboxylic acids is 1. The number of H-pyrrole nitrogens is 1. The van der Waals surface area contributed by atoms with Gasteiger partial charge in [-0.1, -0.05) is 0 Å². The third kappa shape index (κ3) is 4.21. The third-order valence-electron chi connectivity index (χ3n) is 7.92. The van der Waals surface area contributed by atoms with Gasteiger partial charge in [0.05, 0.1) is 35.4 Å². The first kappa shape index (κ1) is 24.7. The van der Waals surface area contributed by atoms with Gasteiger partial charge in [0, 0.05) is 61.8 Å². The summed E-state index contributed by atoms with van der Waals surface area (Å²) in [6, 6.07) is 9.95. The van der Waals surface area contributed by atoms with Crippen LogP contribution in [0.3, 0.4) is 0 Å². The average Bonchev–Trinajstić information content (AvgIpc) is 3.60. The van der Waals surface area contributed by atoms with Gasteiger partial charge in [-0.15, -0.1) is 0 Å². The number of fused-ring (bicyclic) bond motifs is 1. The molecule has 9 nitrogen and oxygen atoms in total. The predicted octanol–water partition coefficient (Wildman–Crippen LogP) is 3.81. The van der Waals surface area contributed by atoms with Crippen LogP contribution in [-0.4, -0.2) is 67.4 Å². The van der Waals surface area contributed by atoms with Crippen LogP contribution in [0.1, 0.15) is 35.2 Å². The zero-order chi connectivity index (χ0) is 27.1. The first-order chi connectivity index (χ1) is 18.9. The summed E-state index contributed by atoms with van der Waals surface area (Å²) in [6.07, 6.45) is 9.07. The van der Waals surface area contributed by atoms with Crippen LogP contribution in [-0.2, 0) is 5.54 Å². The fourth-order valence-corrected chi connectivity index (χ4v) is 5.85. The van der Waals surface area contributed by atoms with E-state index in [1.54, 1.807) is 6.07 Å². The molecular formula is C28H24F2N8O. The van der Waals surface area contributed by atoms with E-state index in [1.165, 1.54) is 11.2 Å². The second-order valence-electron chi connectivity index (χ2n) is 10.2. The van der Waals surface area contributed by atoms with E-state index in [1.807, 2.05) is 30.7 Å². The molecule has 1 N–H and O–H groups in total. The lowest BCUT2D eigenvalue weighted by molar-refractivity contribution is -0.0348. The Morgan fingerprint density at radius 3 is 2.56 bits per heavy atom. The molecule has 0 radical (unpaired) electrons. The van der Waals surface area contributed by atoms with Gasteiger partial charge in [-0.25, -0.2) is 18.7 Å². The minimum Gasteiger partial charge on any atom is -0.346 e. The largest absolute Gasteiger partial charge is 0.346 e. The highest BCUT2D eigenvalue weighted by Gasteiger charge is 2.47. The summed E-state index contributed by atoms with van der Waals surface area (Å²) in [5.74, 6) is -2.74. The third-order valence-corrected chi connectivity index (χ3v) is 7.92. The van der Waals surface area contributed by atoms with Gasteiger partial charge >= 0.3 is 0 Å². The lowest BCUT2D eigenvalue weighted by Gasteiger charge is -2.54. The Morgan fingerprint density at radius 2 is 1.87 bits per heavy atom. The van der Waals surface area contributed by atoms with Crippen LogP contribution in [0.5, 0.6) is 0 Å². The van der Waals surface area contributed by atoms with E-state index in [4.69, 9.17) is 5.26 Å². The molecule has 2 saturated heterocycles. The highest BCUT2D eigenvalue weighted by Crippen LogP contribution is 2.38. The molecule has 0 atom stereocenters. The number of halogens is 2. The number of nitriles is 2. The maximum absolute atomic E-state index is 14.4. The quantitative estimate of drug-likeness (QED) is 0.423. The highest BCUT2D eigenvalue weighted by atomic mass is 19.1. The smallest absolute Gasteiger partial charge is 0.259 e. The molecule has 0 unspecified atom stereocenters. The Hall–Kier alpha value is -4.61. The molecule has 0 saturated carbocycles. The average molecular weight is 527 g/mol. The number of amides is 1. The Balaban J connectivity index is 1.12. The number of carbonyl (C=O) groups is 1. The molecular weight excluding hydrogens is 502 g/mol. The molecule has 2 aliphatic rings. The number of hydrogen-bond acceptors (Lipinski definition) is 6. The molecule has 1 aromatic carbocycles. The van der Waals surface area contributed by atoms with Gasteiger partial charge in [-0.2, -0.15) is 10.5 Å². The number of likely N-dealkylation sites (tertiary alicyclic amines) is 2. The number of nitrogens with one attached hydrogen (secondary N) is 1. The van der Waals surface area contributed by atoms with Gasteiger partial charge in [-0.3, -0.25) is 9.69 Å². The van der Waals surface area contributed by atoms with Crippen LogP contribution >= 0.6 is 0 Å². The van der Waals surface area contributed by atoms with Crippen LogP contribution in [0.2, 0.25) is 0 Å². The van der Waals surface area contributed by atoms with Crippen LogP contribution in [0.4, 0.5) is 8.78 Å². The first-order valence-electron chi connectivity index (χ1n) is 12.7. The van der Waals surface area contributed by atoms with Crippen molar-refractivity contribution < 1.29 is 13.6 Å². The predicted molar refractivity (Wildman–Crippen MR) is 137 cm³/mol. The number of piperidine rings is 1. The summed E-state index contributed by atoms with van der Waals surface area (Å²) in [7, 11) is 0. The van der Waals surface area contributed by atoms with Crippen molar-refractivity contribution in [2.24, 2.45) is 0 Å². The molecule has 3 aromatic heterocycles. The Labute approximate surface area is 222 Å². The molecule has 4 aromatic rings. The van der Waals surface area contributed by atoms with Crippen LogP contribution in [0, 0.1) is 34.3 Å². The van der Waals surface area contributed by atoms with E-state index in [-0.39, 0.29) is 17.1 Å². The standard InChI is InChI=1S/C28H24F2N8O/c29-22-11-18(13-32)12-23(30)24(22)27(39)36-8-3-20(4-9-36)37-15-28(16-37,5-6-31)38-10-2-19(14-38)25-21-1-7-33-26(21)35-17-34-25/h1-2,7,10-12,14,17,20H,3-5,8-9,15-16H2,(H,33,34,35). The van der Waals surface area contributed by atoms with Gasteiger partial charge in [-0.05, 0) is 37.1 Å². The topological polar surface area (TPSA) is 118 Å². The van der Waals surface area contributed by atoms with Crippen LogP contribution in [0.15, 0.2) is 49.2 Å². The van der Waals surface area contributed by atoms with E-state index >= 15 is 0 Å². The summed E-state index contributed by atoms with van der Waals surface area (Å²) in [5.41, 5.74) is 1.40. The Bertz CT molecular complexity index is 1620. The Kier molecular flexibility index (Phi) is 6.09. The van der Waals surface area contributed by atoms with Crippen molar-refractivity contribution in [3.8, 4) is 23.4 Å². The maximum atomic E-state index is 14.4. The number of benzene rings is 1. The van der Waals surface area contributed by atoms with Crippen molar-refractivity contribution in [2.75, 3.05) is 26.2 Å². The molecule has 0 bridgehead atoms. The van der Waals surface area contributed by atoms with Gasteiger partial charge in [0.1, 0.15) is 29.2 Å². The number of aromatic amines is 1. The first-order valence-corrected chi connectivity index (χ1v) is 12.7. The van der Waals surface area contributed by atoms with Crippen molar-refractivity contribution in [1.82, 2.24) is 29.3 Å². The fraction of sp³-hybridized carbons (Fsp3) is 0.321. The van der Waals surface area contributed by atoms with Crippen molar-refractivity contribution in [1.29, 1.82) is 10.5 Å². The van der Waals surface area contributed by atoms with E-state index in [2.05, 4.69) is 30.5 Å². The highest BCUT2D eigenvalue weighted by molar-refractivity contribution is 5.95. The molecule has 11 heteroatoms. The second kappa shape index (κ2) is 9.61. The van der Waals surface area contributed by atoms with Crippen LogP contribution in [0.25, 0.3) is 22.3 Å². The number of aromatic nitrogens is 4. The summed E-state index contributed by atoms with van der Waals surface area (Å²) in [6.45, 7) is 2.13. The second-order valence-corrected chi connectivity index (χ2v) is 10.2. The van der Waals surface area contributed by atoms with E-state index in [0.29, 0.717) is 45.4 Å². The number of rotatable bonds is 5. The molecule has 2 fully saturated rings. The van der Waals surface area contributed by atoms with Crippen molar-refractivity contribution in [2.45, 2.75) is 30.8 Å². The molecule has 2 aliphatic heterocycles. The molecule has 5 heterocycles. The molecule has 0 spiro atoms. The summed E-state index contributed by atoms with van der Waals surface area (Å²) >= 11 is 0. The van der Waals surface area contributed by atoms with Gasteiger partial charge < -0.3 is 14.5 Å². The van der Waals surface area contributed by atoms with E-state index in [0.717, 1.165) is 34.4 Å². The number of hydrogen-bond donors (Lipinski definition) is 1. The Morgan fingerprint density at radius 1 is 1.13 bits per heavy atom. The van der Waals surface area contributed by atoms with E-state index < -0.39 is 23.1 Å². The fourth-order valence-electron chi connectivity index (χ4n) is 5.85. The zero-order valence-corrected chi connectivity index (χ0v) is 20.9. The SMILES string of the molecule is N#CCC1(n2ccc(-c3ncnc4[nH]ccc34)c2)CN(C2CCN(C(=O)c3c(F)cc(C#N)cc3F)CC2)C1. The maximum Gasteiger partial charge on any atom is 0.259 e. The zero-order valence-electron chi connectivity index (χ0n) is 20.9. The summed E-state index contributed by atoms with van der Waals surface area (Å²) in [4.78, 5) is 28.5. The summed E-state index contributed by atoms with van der Waals surface area (Å²) < 4.78 is 30.9. The minimum absolute atomic E-state index is 0.163. The van der Waals surface area contributed by atoms with Gasteiger partial charge in [0.2, 0.25) is 0 Å². The molecule has 39 heavy (non-hydrogen) atoms. The number of nitrogens with zero attached hydrogens (tertiary/aromatic N) is 7. The van der Waals surface area contributed by atoms with Crippen LogP contribution < -0.4 is 0 Å². The lowest BCUT2D eigenvalue weighted by atomic mass is 9.83. The molecule has 0 aliphatic carbocycles. The monoisotopic (exact) mass is 526 g/mol. The normalized spacial score (nSPS) is 17.5. The summed E-state index contributed by atoms with van der Waals surface area (Å²) in [5, 5.41) is 19.4. The molecule has 6 rings (SSSR count). The van der Waals surface area contributed by atoms with Crippen molar-refractivity contribution in [3.63, 3.8) is 0 Å². The van der Waals surface area contributed by atoms with E-state index in [9.17, 15) is 18.8 Å². The van der Waals surface area contributed by atoms with Gasteiger partial charge in [0.25, 0.3) is 5.91 Å². The van der Waals surface area contributed by atoms with Gasteiger partial charge in [0.15, 0.2) is 0 Å². The minimum atomic E-state index is -1.02. The lowest BCUT2D eigenvalue weighted by Crippen LogP contribution is -2.66. The van der Waals surface area contributed by atoms with Crippen molar-refractivity contribution in [3.05, 3.63) is 71.9 Å².